The highest BCUT2D eigenvalue weighted by Gasteiger charge is 2.25. The third-order valence-electron chi connectivity index (χ3n) is 3.25. The number of rotatable bonds is 5. The second-order valence-electron chi connectivity index (χ2n) is 4.60. The first-order valence-electron chi connectivity index (χ1n) is 5.81. The zero-order chi connectivity index (χ0) is 10.7. The minimum absolute atomic E-state index is 0. The highest BCUT2D eigenvalue weighted by Crippen LogP contribution is 2.27. The number of nitrogens with one attached hydrogen (secondary N) is 1. The molecule has 4 nitrogen and oxygen atoms in total. The maximum Gasteiger partial charge on any atom is 0.236 e. The standard InChI is InChI=1S/C11H20N2O2.ClH/c1-13(10-4-5-15-8-10)11(14)7-12-6-9-2-3-9;/h9-10,12H,2-8H2,1H3;1H. The van der Waals surface area contributed by atoms with Crippen molar-refractivity contribution in [3.8, 4) is 0 Å². The summed E-state index contributed by atoms with van der Waals surface area (Å²) >= 11 is 0. The van der Waals surface area contributed by atoms with Crippen molar-refractivity contribution in [1.82, 2.24) is 10.2 Å². The fourth-order valence-electron chi connectivity index (χ4n) is 1.86. The van der Waals surface area contributed by atoms with Crippen LogP contribution in [0.3, 0.4) is 0 Å². The number of likely N-dealkylation sites (N-methyl/N-ethyl adjacent to an activating group) is 1. The lowest BCUT2D eigenvalue weighted by atomic mass is 10.2. The van der Waals surface area contributed by atoms with Crippen molar-refractivity contribution in [3.05, 3.63) is 0 Å². The zero-order valence-corrected chi connectivity index (χ0v) is 10.6. The monoisotopic (exact) mass is 248 g/mol. The van der Waals surface area contributed by atoms with E-state index in [2.05, 4.69) is 5.32 Å². The molecule has 1 heterocycles. The van der Waals surface area contributed by atoms with E-state index >= 15 is 0 Å². The maximum absolute atomic E-state index is 11.7. The predicted octanol–water partition coefficient (Wildman–Crippen LogP) is 0.655. The molecular weight excluding hydrogens is 228 g/mol. The molecule has 0 radical (unpaired) electrons. The number of carbonyl (C=O) groups excluding carboxylic acids is 1. The average molecular weight is 249 g/mol. The summed E-state index contributed by atoms with van der Waals surface area (Å²) in [5, 5.41) is 3.22. The van der Waals surface area contributed by atoms with E-state index in [9.17, 15) is 4.79 Å². The van der Waals surface area contributed by atoms with E-state index in [1.165, 1.54) is 12.8 Å². The van der Waals surface area contributed by atoms with Gasteiger partial charge >= 0.3 is 0 Å². The van der Waals surface area contributed by atoms with Crippen molar-refractivity contribution < 1.29 is 9.53 Å². The normalized spacial score (nSPS) is 23.9. The lowest BCUT2D eigenvalue weighted by molar-refractivity contribution is -0.131. The van der Waals surface area contributed by atoms with Crippen molar-refractivity contribution in [3.63, 3.8) is 0 Å². The van der Waals surface area contributed by atoms with E-state index in [1.54, 1.807) is 0 Å². The summed E-state index contributed by atoms with van der Waals surface area (Å²) in [6.07, 6.45) is 3.63. The van der Waals surface area contributed by atoms with Gasteiger partial charge in [-0.1, -0.05) is 0 Å². The van der Waals surface area contributed by atoms with Gasteiger partial charge in [0.05, 0.1) is 19.2 Å². The van der Waals surface area contributed by atoms with Crippen LogP contribution in [0.4, 0.5) is 0 Å². The molecule has 1 amide bonds. The Hall–Kier alpha value is -0.320. The van der Waals surface area contributed by atoms with Crippen molar-refractivity contribution in [2.75, 3.05) is 33.4 Å². The van der Waals surface area contributed by atoms with Gasteiger partial charge in [-0.25, -0.2) is 0 Å². The van der Waals surface area contributed by atoms with Crippen LogP contribution in [0.15, 0.2) is 0 Å². The van der Waals surface area contributed by atoms with Gasteiger partial charge in [0.2, 0.25) is 5.91 Å². The molecule has 2 rings (SSSR count). The van der Waals surface area contributed by atoms with Gasteiger partial charge in [0, 0.05) is 13.7 Å². The highest BCUT2D eigenvalue weighted by atomic mass is 35.5. The maximum atomic E-state index is 11.7. The third-order valence-corrected chi connectivity index (χ3v) is 3.25. The lowest BCUT2D eigenvalue weighted by Gasteiger charge is -2.23. The van der Waals surface area contributed by atoms with E-state index in [0.717, 1.165) is 25.5 Å². The van der Waals surface area contributed by atoms with Crippen LogP contribution < -0.4 is 5.32 Å². The largest absolute Gasteiger partial charge is 0.379 e. The van der Waals surface area contributed by atoms with Crippen LogP contribution in [-0.2, 0) is 9.53 Å². The Morgan fingerprint density at radius 2 is 2.19 bits per heavy atom. The summed E-state index contributed by atoms with van der Waals surface area (Å²) in [6, 6.07) is 0.292. The van der Waals surface area contributed by atoms with Gasteiger partial charge < -0.3 is 15.0 Å². The highest BCUT2D eigenvalue weighted by molar-refractivity contribution is 5.85. The van der Waals surface area contributed by atoms with E-state index in [4.69, 9.17) is 4.74 Å². The zero-order valence-electron chi connectivity index (χ0n) is 9.78. The first-order chi connectivity index (χ1) is 7.27. The molecule has 2 aliphatic rings. The van der Waals surface area contributed by atoms with E-state index < -0.39 is 0 Å². The molecule has 1 unspecified atom stereocenters. The fourth-order valence-corrected chi connectivity index (χ4v) is 1.86. The van der Waals surface area contributed by atoms with Crippen molar-refractivity contribution in [2.24, 2.45) is 5.92 Å². The number of carbonyl (C=O) groups is 1. The van der Waals surface area contributed by atoms with Crippen LogP contribution in [0.1, 0.15) is 19.3 Å². The number of amides is 1. The van der Waals surface area contributed by atoms with Crippen LogP contribution >= 0.6 is 12.4 Å². The molecule has 0 aromatic carbocycles. The molecule has 1 aliphatic heterocycles. The first-order valence-corrected chi connectivity index (χ1v) is 5.81. The molecule has 0 aromatic rings. The van der Waals surface area contributed by atoms with Gasteiger partial charge in [-0.15, -0.1) is 12.4 Å². The van der Waals surface area contributed by atoms with E-state index in [0.29, 0.717) is 19.2 Å². The van der Waals surface area contributed by atoms with Crippen molar-refractivity contribution in [1.29, 1.82) is 0 Å². The molecule has 0 aromatic heterocycles. The molecule has 16 heavy (non-hydrogen) atoms. The van der Waals surface area contributed by atoms with Gasteiger partial charge in [-0.05, 0) is 31.7 Å². The summed E-state index contributed by atoms with van der Waals surface area (Å²) in [5.74, 6) is 1.02. The van der Waals surface area contributed by atoms with E-state index in [1.807, 2.05) is 11.9 Å². The Morgan fingerprint density at radius 3 is 2.75 bits per heavy atom. The minimum Gasteiger partial charge on any atom is -0.379 e. The smallest absolute Gasteiger partial charge is 0.236 e. The molecule has 0 spiro atoms. The van der Waals surface area contributed by atoms with Crippen LogP contribution in [0, 0.1) is 5.92 Å². The van der Waals surface area contributed by atoms with Crippen LogP contribution in [-0.4, -0.2) is 50.2 Å². The Bertz CT molecular complexity index is 228. The summed E-state index contributed by atoms with van der Waals surface area (Å²) in [7, 11) is 1.88. The Kier molecular flexibility index (Phi) is 5.52. The Labute approximate surface area is 103 Å². The molecule has 1 atom stereocenters. The molecule has 1 N–H and O–H groups in total. The van der Waals surface area contributed by atoms with Gasteiger partial charge in [0.1, 0.15) is 0 Å². The second kappa shape index (κ2) is 6.42. The molecule has 5 heteroatoms. The molecule has 1 saturated heterocycles. The molecule has 94 valence electrons. The molecule has 1 aliphatic carbocycles. The second-order valence-corrected chi connectivity index (χ2v) is 4.60. The third kappa shape index (κ3) is 3.92. The average Bonchev–Trinajstić information content (AvgIpc) is 2.90. The first kappa shape index (κ1) is 13.7. The minimum atomic E-state index is 0. The van der Waals surface area contributed by atoms with E-state index in [-0.39, 0.29) is 18.3 Å². The fraction of sp³-hybridized carbons (Fsp3) is 0.909. The van der Waals surface area contributed by atoms with Crippen LogP contribution in [0.25, 0.3) is 0 Å². The van der Waals surface area contributed by atoms with Gasteiger partial charge in [0.25, 0.3) is 0 Å². The SMILES string of the molecule is CN(C(=O)CNCC1CC1)C1CCOC1.Cl. The van der Waals surface area contributed by atoms with Crippen LogP contribution in [0.2, 0.25) is 0 Å². The number of ether oxygens (including phenoxy) is 1. The topological polar surface area (TPSA) is 41.6 Å². The van der Waals surface area contributed by atoms with Crippen LogP contribution in [0.5, 0.6) is 0 Å². The predicted molar refractivity (Wildman–Crippen MR) is 64.8 cm³/mol. The Balaban J connectivity index is 0.00000128. The molecule has 0 bridgehead atoms. The van der Waals surface area contributed by atoms with Gasteiger partial charge in [0.15, 0.2) is 0 Å². The van der Waals surface area contributed by atoms with Gasteiger partial charge in [-0.2, -0.15) is 0 Å². The summed E-state index contributed by atoms with van der Waals surface area (Å²) < 4.78 is 5.27. The summed E-state index contributed by atoms with van der Waals surface area (Å²) in [4.78, 5) is 13.6. The summed E-state index contributed by atoms with van der Waals surface area (Å²) in [6.45, 7) is 2.97. The van der Waals surface area contributed by atoms with Crippen molar-refractivity contribution >= 4 is 18.3 Å². The quantitative estimate of drug-likeness (QED) is 0.777. The number of nitrogens with zero attached hydrogens (tertiary/aromatic N) is 1. The molecule has 2 fully saturated rings. The molecule has 1 saturated carbocycles. The summed E-state index contributed by atoms with van der Waals surface area (Å²) in [5.41, 5.74) is 0. The van der Waals surface area contributed by atoms with Crippen molar-refractivity contribution in [2.45, 2.75) is 25.3 Å². The molecular formula is C11H21ClN2O2. The van der Waals surface area contributed by atoms with Gasteiger partial charge in [-0.3, -0.25) is 4.79 Å². The number of hydrogen-bond donors (Lipinski definition) is 1. The Morgan fingerprint density at radius 1 is 1.44 bits per heavy atom. The number of hydrogen-bond acceptors (Lipinski definition) is 3. The lowest BCUT2D eigenvalue weighted by Crippen LogP contribution is -2.42. The number of halogens is 1.